The Morgan fingerprint density at radius 2 is 1.50 bits per heavy atom. The van der Waals surface area contributed by atoms with Crippen LogP contribution < -0.4 is 5.19 Å². The third-order valence-electron chi connectivity index (χ3n) is 3.81. The van der Waals surface area contributed by atoms with E-state index in [4.69, 9.17) is 0 Å². The molecule has 2 heteroatoms. The highest BCUT2D eigenvalue weighted by Crippen LogP contribution is 2.31. The molecule has 2 aromatic carbocycles. The molecule has 0 amide bonds. The number of Topliss-reactive ketones (excluding diaryl/α,β-unsaturated/α-hetero) is 1. The number of allylic oxidation sites excluding steroid dienone is 1. The highest BCUT2D eigenvalue weighted by atomic mass is 28.3. The van der Waals surface area contributed by atoms with Gasteiger partial charge in [-0.15, -0.1) is 0 Å². The summed E-state index contributed by atoms with van der Waals surface area (Å²) in [5.74, 6) is 0.140. The molecular formula is C18H18OSi. The third-order valence-corrected chi connectivity index (χ3v) is 5.88. The fourth-order valence-corrected chi connectivity index (χ4v) is 3.73. The van der Waals surface area contributed by atoms with Gasteiger partial charge in [-0.1, -0.05) is 73.4 Å². The van der Waals surface area contributed by atoms with Gasteiger partial charge in [-0.25, -0.2) is 0 Å². The molecular weight excluding hydrogens is 260 g/mol. The van der Waals surface area contributed by atoms with Crippen LogP contribution in [0.1, 0.15) is 21.5 Å². The van der Waals surface area contributed by atoms with Gasteiger partial charge in [0.15, 0.2) is 5.78 Å². The Balaban J connectivity index is 1.98. The molecule has 0 unspecified atom stereocenters. The van der Waals surface area contributed by atoms with Crippen molar-refractivity contribution in [3.63, 3.8) is 0 Å². The fourth-order valence-electron chi connectivity index (χ4n) is 2.56. The molecule has 0 fully saturated rings. The second-order valence-corrected chi connectivity index (χ2v) is 11.4. The average Bonchev–Trinajstić information content (AvgIpc) is 2.76. The lowest BCUT2D eigenvalue weighted by Crippen LogP contribution is -2.37. The second kappa shape index (κ2) is 4.56. The van der Waals surface area contributed by atoms with Gasteiger partial charge in [-0.05, 0) is 17.2 Å². The van der Waals surface area contributed by atoms with E-state index in [0.717, 1.165) is 22.3 Å². The number of hydrogen-bond acceptors (Lipinski definition) is 1. The van der Waals surface area contributed by atoms with Crippen molar-refractivity contribution in [2.75, 3.05) is 0 Å². The molecule has 3 rings (SSSR count). The molecule has 1 aliphatic carbocycles. The second-order valence-electron chi connectivity index (χ2n) is 6.30. The molecule has 0 saturated carbocycles. The quantitative estimate of drug-likeness (QED) is 0.760. The minimum atomic E-state index is -1.28. The van der Waals surface area contributed by atoms with Crippen LogP contribution in [0.4, 0.5) is 0 Å². The summed E-state index contributed by atoms with van der Waals surface area (Å²) in [6.07, 6.45) is 2.00. The van der Waals surface area contributed by atoms with Gasteiger partial charge in [0.25, 0.3) is 0 Å². The number of carbonyl (C=O) groups excluding carboxylic acids is 1. The van der Waals surface area contributed by atoms with E-state index in [2.05, 4.69) is 43.9 Å². The van der Waals surface area contributed by atoms with Gasteiger partial charge in [0.1, 0.15) is 0 Å². The van der Waals surface area contributed by atoms with E-state index in [1.807, 2.05) is 30.3 Å². The van der Waals surface area contributed by atoms with E-state index in [1.54, 1.807) is 0 Å². The van der Waals surface area contributed by atoms with Crippen molar-refractivity contribution in [3.8, 4) is 0 Å². The maximum Gasteiger partial charge on any atom is 0.194 e. The number of hydrogen-bond donors (Lipinski definition) is 0. The van der Waals surface area contributed by atoms with Crippen LogP contribution in [0.2, 0.25) is 19.6 Å². The third kappa shape index (κ3) is 2.16. The highest BCUT2D eigenvalue weighted by Gasteiger charge is 2.23. The number of rotatable bonds is 2. The predicted molar refractivity (Wildman–Crippen MR) is 88.1 cm³/mol. The zero-order valence-corrected chi connectivity index (χ0v) is 13.1. The summed E-state index contributed by atoms with van der Waals surface area (Å²) in [5, 5.41) is 1.42. The van der Waals surface area contributed by atoms with E-state index in [-0.39, 0.29) is 5.78 Å². The lowest BCUT2D eigenvalue weighted by molar-refractivity contribution is 0.105. The lowest BCUT2D eigenvalue weighted by Gasteiger charge is -2.16. The van der Waals surface area contributed by atoms with Gasteiger partial charge in [0, 0.05) is 11.1 Å². The molecule has 20 heavy (non-hydrogen) atoms. The van der Waals surface area contributed by atoms with Crippen LogP contribution in [0.3, 0.4) is 0 Å². The average molecular weight is 278 g/mol. The first-order chi connectivity index (χ1) is 9.47. The van der Waals surface area contributed by atoms with Gasteiger partial charge in [0.05, 0.1) is 8.07 Å². The zero-order chi connectivity index (χ0) is 14.3. The summed E-state index contributed by atoms with van der Waals surface area (Å²) in [5.41, 5.74) is 3.68. The summed E-state index contributed by atoms with van der Waals surface area (Å²) in [7, 11) is -1.28. The molecule has 0 aliphatic heterocycles. The zero-order valence-electron chi connectivity index (χ0n) is 12.1. The van der Waals surface area contributed by atoms with E-state index in [9.17, 15) is 4.79 Å². The molecule has 0 radical (unpaired) electrons. The van der Waals surface area contributed by atoms with E-state index in [1.165, 1.54) is 5.19 Å². The molecule has 0 N–H and O–H groups in total. The minimum Gasteiger partial charge on any atom is -0.289 e. The minimum absolute atomic E-state index is 0.140. The smallest absolute Gasteiger partial charge is 0.194 e. The van der Waals surface area contributed by atoms with Crippen LogP contribution >= 0.6 is 0 Å². The molecule has 0 bridgehead atoms. The van der Waals surface area contributed by atoms with E-state index < -0.39 is 8.07 Å². The van der Waals surface area contributed by atoms with Gasteiger partial charge in [-0.2, -0.15) is 0 Å². The van der Waals surface area contributed by atoms with Gasteiger partial charge >= 0.3 is 0 Å². The first-order valence-corrected chi connectivity index (χ1v) is 10.4. The van der Waals surface area contributed by atoms with Crippen molar-refractivity contribution in [2.24, 2.45) is 0 Å². The van der Waals surface area contributed by atoms with Gasteiger partial charge in [-0.3, -0.25) is 4.79 Å². The van der Waals surface area contributed by atoms with Crippen LogP contribution in [0.5, 0.6) is 0 Å². The van der Waals surface area contributed by atoms with Crippen LogP contribution in [0.15, 0.2) is 48.5 Å². The van der Waals surface area contributed by atoms with Crippen molar-refractivity contribution in [1.82, 2.24) is 0 Å². The van der Waals surface area contributed by atoms with Crippen LogP contribution in [-0.2, 0) is 0 Å². The van der Waals surface area contributed by atoms with Crippen LogP contribution in [0, 0.1) is 0 Å². The fraction of sp³-hybridized carbons (Fsp3) is 0.167. The van der Waals surface area contributed by atoms with Crippen molar-refractivity contribution < 1.29 is 4.79 Å². The molecule has 0 spiro atoms. The Kier molecular flexibility index (Phi) is 2.98. The van der Waals surface area contributed by atoms with E-state index >= 15 is 0 Å². The molecule has 0 atom stereocenters. The molecule has 0 saturated heterocycles. The number of carbonyl (C=O) groups is 1. The molecule has 0 aromatic heterocycles. The topological polar surface area (TPSA) is 17.1 Å². The molecule has 0 heterocycles. The maximum atomic E-state index is 12.4. The summed E-state index contributed by atoms with van der Waals surface area (Å²) >= 11 is 0. The largest absolute Gasteiger partial charge is 0.289 e. The van der Waals surface area contributed by atoms with Crippen LogP contribution in [0.25, 0.3) is 11.6 Å². The Morgan fingerprint density at radius 3 is 2.10 bits per heavy atom. The first kappa shape index (κ1) is 13.1. The van der Waals surface area contributed by atoms with E-state index in [0.29, 0.717) is 0 Å². The Morgan fingerprint density at radius 1 is 0.850 bits per heavy atom. The van der Waals surface area contributed by atoms with Crippen molar-refractivity contribution in [3.05, 3.63) is 65.2 Å². The normalized spacial score (nSPS) is 14.2. The highest BCUT2D eigenvalue weighted by molar-refractivity contribution is 6.88. The van der Waals surface area contributed by atoms with Crippen molar-refractivity contribution in [2.45, 2.75) is 19.6 Å². The summed E-state index contributed by atoms with van der Waals surface area (Å²) < 4.78 is 0. The SMILES string of the molecule is C[Si](C)(C)c1ccc(C2=Cc3ccccc3C2=O)cc1. The standard InChI is InChI=1S/C18H18OSi/c1-20(2,3)15-10-8-13(9-11-15)17-12-14-6-4-5-7-16(14)18(17)19/h4-12H,1-3H3. The number of fused-ring (bicyclic) bond motifs is 1. The maximum absolute atomic E-state index is 12.4. The van der Waals surface area contributed by atoms with Crippen molar-refractivity contribution >= 4 is 30.7 Å². The van der Waals surface area contributed by atoms with Crippen LogP contribution in [-0.4, -0.2) is 13.9 Å². The Labute approximate surface area is 121 Å². The monoisotopic (exact) mass is 278 g/mol. The summed E-state index contributed by atoms with van der Waals surface area (Å²) in [6, 6.07) is 16.3. The summed E-state index contributed by atoms with van der Waals surface area (Å²) in [6.45, 7) is 6.99. The summed E-state index contributed by atoms with van der Waals surface area (Å²) in [4.78, 5) is 12.4. The molecule has 1 nitrogen and oxygen atoms in total. The Bertz CT molecular complexity index is 703. The van der Waals surface area contributed by atoms with Crippen molar-refractivity contribution in [1.29, 1.82) is 0 Å². The molecule has 2 aromatic rings. The first-order valence-electron chi connectivity index (χ1n) is 6.93. The van der Waals surface area contributed by atoms with Gasteiger partial charge < -0.3 is 0 Å². The Hall–Kier alpha value is -1.93. The van der Waals surface area contributed by atoms with Gasteiger partial charge in [0.2, 0.25) is 0 Å². The molecule has 100 valence electrons. The number of ketones is 1. The number of benzene rings is 2. The molecule has 1 aliphatic rings. The lowest BCUT2D eigenvalue weighted by atomic mass is 10.0. The predicted octanol–water partition coefficient (Wildman–Crippen LogP) is 3.97.